The van der Waals surface area contributed by atoms with Crippen LogP contribution in [-0.4, -0.2) is 9.97 Å². The number of rotatable bonds is 2. The molecule has 0 saturated carbocycles. The third-order valence-corrected chi connectivity index (χ3v) is 2.70. The summed E-state index contributed by atoms with van der Waals surface area (Å²) in [6, 6.07) is 4.41. The molecule has 2 nitrogen and oxygen atoms in total. The normalized spacial score (nSPS) is 11.4. The first-order valence-corrected chi connectivity index (χ1v) is 5.19. The molecule has 0 atom stereocenters. The highest BCUT2D eigenvalue weighted by Crippen LogP contribution is 2.25. The predicted molar refractivity (Wildman–Crippen MR) is 59.6 cm³/mol. The summed E-state index contributed by atoms with van der Waals surface area (Å²) in [6.45, 7) is 6.58. The number of benzene rings is 1. The van der Waals surface area contributed by atoms with E-state index in [9.17, 15) is 0 Å². The van der Waals surface area contributed by atoms with Gasteiger partial charge in [0.15, 0.2) is 0 Å². The van der Waals surface area contributed by atoms with E-state index >= 15 is 0 Å². The maximum absolute atomic E-state index is 4.38. The summed E-state index contributed by atoms with van der Waals surface area (Å²) < 4.78 is 0. The lowest BCUT2D eigenvalue weighted by Gasteiger charge is -2.08. The number of aromatic nitrogens is 2. The Labute approximate surface area is 84.4 Å². The van der Waals surface area contributed by atoms with E-state index in [1.165, 1.54) is 16.6 Å². The molecule has 0 amide bonds. The topological polar surface area (TPSA) is 28.7 Å². The van der Waals surface area contributed by atoms with Crippen LogP contribution >= 0.6 is 0 Å². The summed E-state index contributed by atoms with van der Waals surface area (Å²) in [5, 5.41) is 0. The highest BCUT2D eigenvalue weighted by Gasteiger charge is 2.09. The maximum atomic E-state index is 4.38. The number of aryl methyl sites for hydroxylation is 1. The van der Waals surface area contributed by atoms with Crippen molar-refractivity contribution in [2.75, 3.05) is 0 Å². The molecule has 0 aliphatic heterocycles. The van der Waals surface area contributed by atoms with Crippen molar-refractivity contribution in [1.82, 2.24) is 9.97 Å². The molecule has 0 aliphatic rings. The van der Waals surface area contributed by atoms with E-state index in [1.54, 1.807) is 6.33 Å². The number of nitrogens with zero attached hydrogens (tertiary/aromatic N) is 1. The second kappa shape index (κ2) is 3.45. The van der Waals surface area contributed by atoms with Gasteiger partial charge in [-0.3, -0.25) is 0 Å². The van der Waals surface area contributed by atoms with Gasteiger partial charge < -0.3 is 4.98 Å². The van der Waals surface area contributed by atoms with Crippen LogP contribution < -0.4 is 0 Å². The standard InChI is InChI=1S/C12H16N2/c1-4-9-5-6-10(8(2)3)12-11(9)13-7-14-12/h5-8H,4H2,1-3H3,(H,13,14). The van der Waals surface area contributed by atoms with Crippen molar-refractivity contribution in [3.63, 3.8) is 0 Å². The minimum absolute atomic E-state index is 0.545. The molecule has 0 spiro atoms. The number of H-pyrrole nitrogens is 1. The zero-order valence-electron chi connectivity index (χ0n) is 8.96. The number of nitrogens with one attached hydrogen (secondary N) is 1. The van der Waals surface area contributed by atoms with Gasteiger partial charge in [-0.15, -0.1) is 0 Å². The highest BCUT2D eigenvalue weighted by atomic mass is 14.9. The van der Waals surface area contributed by atoms with Crippen LogP contribution in [0.3, 0.4) is 0 Å². The molecule has 0 aliphatic carbocycles. The Balaban J connectivity index is 2.72. The molecule has 2 rings (SSSR count). The van der Waals surface area contributed by atoms with Crippen LogP contribution in [0.5, 0.6) is 0 Å². The average molecular weight is 188 g/mol. The van der Waals surface area contributed by atoms with Crippen molar-refractivity contribution >= 4 is 11.0 Å². The first kappa shape index (κ1) is 9.25. The Hall–Kier alpha value is -1.31. The van der Waals surface area contributed by atoms with Gasteiger partial charge in [0, 0.05) is 0 Å². The predicted octanol–water partition coefficient (Wildman–Crippen LogP) is 3.25. The number of hydrogen-bond acceptors (Lipinski definition) is 1. The minimum atomic E-state index is 0.545. The number of aromatic amines is 1. The van der Waals surface area contributed by atoms with Gasteiger partial charge >= 0.3 is 0 Å². The zero-order valence-corrected chi connectivity index (χ0v) is 8.96. The molecule has 1 aromatic carbocycles. The third-order valence-electron chi connectivity index (χ3n) is 2.70. The molecule has 0 bridgehead atoms. The van der Waals surface area contributed by atoms with Crippen LogP contribution in [0.15, 0.2) is 18.5 Å². The molecule has 74 valence electrons. The summed E-state index contributed by atoms with van der Waals surface area (Å²) in [5.41, 5.74) is 5.03. The van der Waals surface area contributed by atoms with Gasteiger partial charge in [0.05, 0.1) is 17.4 Å². The van der Waals surface area contributed by atoms with Crippen molar-refractivity contribution < 1.29 is 0 Å². The molecular formula is C12H16N2. The molecule has 14 heavy (non-hydrogen) atoms. The summed E-state index contributed by atoms with van der Waals surface area (Å²) in [4.78, 5) is 7.61. The molecule has 2 heteroatoms. The van der Waals surface area contributed by atoms with Crippen molar-refractivity contribution in [2.24, 2.45) is 0 Å². The molecule has 0 fully saturated rings. The SMILES string of the molecule is CCc1ccc(C(C)C)c2[nH]cnc12. The Kier molecular flexibility index (Phi) is 2.28. The summed E-state index contributed by atoms with van der Waals surface area (Å²) in [5.74, 6) is 0.545. The van der Waals surface area contributed by atoms with Gasteiger partial charge in [0.2, 0.25) is 0 Å². The van der Waals surface area contributed by atoms with Gasteiger partial charge in [0.25, 0.3) is 0 Å². The third kappa shape index (κ3) is 1.31. The van der Waals surface area contributed by atoms with Gasteiger partial charge in [-0.1, -0.05) is 32.9 Å². The Morgan fingerprint density at radius 2 is 2.14 bits per heavy atom. The van der Waals surface area contributed by atoms with Gasteiger partial charge in [-0.05, 0) is 23.5 Å². The lowest BCUT2D eigenvalue weighted by molar-refractivity contribution is 0.872. The summed E-state index contributed by atoms with van der Waals surface area (Å²) in [7, 11) is 0. The summed E-state index contributed by atoms with van der Waals surface area (Å²) in [6.07, 6.45) is 2.83. The molecule has 0 saturated heterocycles. The second-order valence-electron chi connectivity index (χ2n) is 3.95. The largest absolute Gasteiger partial charge is 0.344 e. The average Bonchev–Trinajstić information content (AvgIpc) is 2.64. The smallest absolute Gasteiger partial charge is 0.0932 e. The molecular weight excluding hydrogens is 172 g/mol. The molecule has 0 unspecified atom stereocenters. The number of imidazole rings is 1. The fraction of sp³-hybridized carbons (Fsp3) is 0.417. The number of hydrogen-bond donors (Lipinski definition) is 1. The Morgan fingerprint density at radius 3 is 2.79 bits per heavy atom. The van der Waals surface area contributed by atoms with E-state index in [0.717, 1.165) is 11.9 Å². The fourth-order valence-electron chi connectivity index (χ4n) is 1.88. The van der Waals surface area contributed by atoms with Crippen molar-refractivity contribution in [3.05, 3.63) is 29.6 Å². The molecule has 0 radical (unpaired) electrons. The van der Waals surface area contributed by atoms with E-state index < -0.39 is 0 Å². The Bertz CT molecular complexity index is 441. The lowest BCUT2D eigenvalue weighted by Crippen LogP contribution is -1.92. The monoisotopic (exact) mass is 188 g/mol. The molecule has 1 aromatic heterocycles. The first-order valence-electron chi connectivity index (χ1n) is 5.19. The molecule has 1 N–H and O–H groups in total. The van der Waals surface area contributed by atoms with Crippen LogP contribution in [0.2, 0.25) is 0 Å². The van der Waals surface area contributed by atoms with Crippen LogP contribution in [-0.2, 0) is 6.42 Å². The van der Waals surface area contributed by atoms with Crippen molar-refractivity contribution in [2.45, 2.75) is 33.1 Å². The minimum Gasteiger partial charge on any atom is -0.344 e. The van der Waals surface area contributed by atoms with Gasteiger partial charge in [0.1, 0.15) is 0 Å². The first-order chi connectivity index (χ1) is 6.74. The van der Waals surface area contributed by atoms with Crippen molar-refractivity contribution in [3.8, 4) is 0 Å². The number of fused-ring (bicyclic) bond motifs is 1. The quantitative estimate of drug-likeness (QED) is 0.770. The van der Waals surface area contributed by atoms with Gasteiger partial charge in [-0.25, -0.2) is 4.98 Å². The van der Waals surface area contributed by atoms with Gasteiger partial charge in [-0.2, -0.15) is 0 Å². The van der Waals surface area contributed by atoms with Crippen LogP contribution in [0.25, 0.3) is 11.0 Å². The highest BCUT2D eigenvalue weighted by molar-refractivity contribution is 5.82. The van der Waals surface area contributed by atoms with E-state index in [1.807, 2.05) is 0 Å². The van der Waals surface area contributed by atoms with Crippen LogP contribution in [0.1, 0.15) is 37.8 Å². The van der Waals surface area contributed by atoms with E-state index in [4.69, 9.17) is 0 Å². The van der Waals surface area contributed by atoms with E-state index in [-0.39, 0.29) is 0 Å². The van der Waals surface area contributed by atoms with Crippen LogP contribution in [0.4, 0.5) is 0 Å². The van der Waals surface area contributed by atoms with E-state index in [2.05, 4.69) is 42.9 Å². The summed E-state index contributed by atoms with van der Waals surface area (Å²) >= 11 is 0. The Morgan fingerprint density at radius 1 is 1.36 bits per heavy atom. The fourth-order valence-corrected chi connectivity index (χ4v) is 1.88. The molecule has 1 heterocycles. The second-order valence-corrected chi connectivity index (χ2v) is 3.95. The maximum Gasteiger partial charge on any atom is 0.0932 e. The van der Waals surface area contributed by atoms with E-state index in [0.29, 0.717) is 5.92 Å². The zero-order chi connectivity index (χ0) is 10.1. The lowest BCUT2D eigenvalue weighted by atomic mass is 9.98. The van der Waals surface area contributed by atoms with Crippen LogP contribution in [0, 0.1) is 0 Å². The van der Waals surface area contributed by atoms with Crippen molar-refractivity contribution in [1.29, 1.82) is 0 Å². The molecule has 2 aromatic rings.